The quantitative estimate of drug-likeness (QED) is 0.203. The molecule has 0 aliphatic rings. The Morgan fingerprint density at radius 3 is 2.42 bits per heavy atom. The van der Waals surface area contributed by atoms with E-state index in [0.717, 1.165) is 0 Å². The summed E-state index contributed by atoms with van der Waals surface area (Å²) in [5.41, 5.74) is 0. The number of carbonyl (C=O) groups is 1. The minimum absolute atomic E-state index is 0.0495. The summed E-state index contributed by atoms with van der Waals surface area (Å²) in [5, 5.41) is 11.4. The summed E-state index contributed by atoms with van der Waals surface area (Å²) in [7, 11) is -4.03. The van der Waals surface area contributed by atoms with Crippen LogP contribution in [0.15, 0.2) is 35.2 Å². The van der Waals surface area contributed by atoms with Crippen molar-refractivity contribution in [1.29, 1.82) is 0 Å². The van der Waals surface area contributed by atoms with E-state index in [2.05, 4.69) is 0 Å². The second kappa shape index (κ2) is 8.86. The number of amides is 1. The largest absolute Gasteiger partial charge is 0.369 e. The number of nitrogens with one attached hydrogen (secondary N) is 1. The lowest BCUT2D eigenvalue weighted by Gasteiger charge is -2.21. The molecule has 1 rings (SSSR count). The summed E-state index contributed by atoms with van der Waals surface area (Å²) < 4.78 is 22.5. The third-order valence-electron chi connectivity index (χ3n) is 2.41. The molecular formula is C11H12Cl3N3O4S3. The molecule has 0 unspecified atom stereocenters. The van der Waals surface area contributed by atoms with Gasteiger partial charge in [0, 0.05) is 0 Å². The highest BCUT2D eigenvalue weighted by Crippen LogP contribution is 2.28. The Morgan fingerprint density at radius 1 is 1.38 bits per heavy atom. The number of benzene rings is 1. The van der Waals surface area contributed by atoms with Gasteiger partial charge in [-0.25, -0.2) is 5.84 Å². The summed E-state index contributed by atoms with van der Waals surface area (Å²) >= 11 is 21.7. The van der Waals surface area contributed by atoms with Crippen LogP contribution in [0.5, 0.6) is 0 Å². The number of aliphatic hydroxyl groups is 1. The predicted molar refractivity (Wildman–Crippen MR) is 99.1 cm³/mol. The van der Waals surface area contributed by atoms with Gasteiger partial charge in [0.1, 0.15) is 0 Å². The molecule has 0 aliphatic heterocycles. The van der Waals surface area contributed by atoms with Gasteiger partial charge in [-0.1, -0.05) is 77.0 Å². The van der Waals surface area contributed by atoms with E-state index in [0.29, 0.717) is 16.2 Å². The van der Waals surface area contributed by atoms with Gasteiger partial charge < -0.3 is 10.4 Å². The number of thioether (sulfide) groups is 1. The van der Waals surface area contributed by atoms with Crippen molar-refractivity contribution in [2.75, 3.05) is 5.75 Å². The second-order valence-corrected chi connectivity index (χ2v) is 9.97. The van der Waals surface area contributed by atoms with Gasteiger partial charge in [-0.3, -0.25) is 4.79 Å². The number of halogens is 3. The van der Waals surface area contributed by atoms with Crippen molar-refractivity contribution in [2.45, 2.75) is 14.9 Å². The third-order valence-corrected chi connectivity index (χ3v) is 6.23. The maximum absolute atomic E-state index is 12.2. The van der Waals surface area contributed by atoms with Crippen LogP contribution in [-0.2, 0) is 14.8 Å². The molecule has 0 aliphatic carbocycles. The molecule has 7 nitrogen and oxygen atoms in total. The molecule has 4 N–H and O–H groups in total. The molecule has 0 fully saturated rings. The first kappa shape index (κ1) is 21.7. The van der Waals surface area contributed by atoms with Crippen LogP contribution in [0.4, 0.5) is 0 Å². The average molecular weight is 453 g/mol. The number of hydrazine groups is 1. The molecule has 24 heavy (non-hydrogen) atoms. The molecule has 1 amide bonds. The Bertz CT molecular complexity index is 697. The predicted octanol–water partition coefficient (Wildman–Crippen LogP) is 1.37. The molecule has 0 bridgehead atoms. The zero-order valence-electron chi connectivity index (χ0n) is 11.7. The monoisotopic (exact) mass is 451 g/mol. The number of aliphatic hydroxyl groups excluding tert-OH is 1. The highest BCUT2D eigenvalue weighted by molar-refractivity contribution is 8.24. The van der Waals surface area contributed by atoms with Crippen LogP contribution in [0, 0.1) is 0 Å². The molecule has 1 aromatic carbocycles. The van der Waals surface area contributed by atoms with Gasteiger partial charge in [-0.05, 0) is 12.1 Å². The molecule has 13 heteroatoms. The van der Waals surface area contributed by atoms with E-state index in [1.807, 2.05) is 5.32 Å². The van der Waals surface area contributed by atoms with Gasteiger partial charge >= 0.3 is 0 Å². The zero-order valence-corrected chi connectivity index (χ0v) is 16.4. The zero-order chi connectivity index (χ0) is 18.5. The van der Waals surface area contributed by atoms with Crippen LogP contribution in [0.2, 0.25) is 0 Å². The fourth-order valence-corrected chi connectivity index (χ4v) is 3.75. The first-order chi connectivity index (χ1) is 11.0. The average Bonchev–Trinajstić information content (AvgIpc) is 2.51. The van der Waals surface area contributed by atoms with E-state index in [1.165, 1.54) is 24.3 Å². The number of hydrogen-bond acceptors (Lipinski definition) is 7. The van der Waals surface area contributed by atoms with Gasteiger partial charge in [0.25, 0.3) is 10.0 Å². The van der Waals surface area contributed by atoms with E-state index in [4.69, 9.17) is 52.9 Å². The maximum Gasteiger partial charge on any atom is 0.278 e. The molecule has 0 saturated carbocycles. The van der Waals surface area contributed by atoms with Crippen LogP contribution >= 0.6 is 58.8 Å². The van der Waals surface area contributed by atoms with Gasteiger partial charge in [0.2, 0.25) is 9.70 Å². The number of sulfonamides is 1. The molecular weight excluding hydrogens is 441 g/mol. The molecule has 134 valence electrons. The maximum atomic E-state index is 12.2. The fraction of sp³-hybridized carbons (Fsp3) is 0.273. The van der Waals surface area contributed by atoms with Gasteiger partial charge in [-0.15, -0.1) is 0 Å². The van der Waals surface area contributed by atoms with E-state index < -0.39 is 26.0 Å². The number of nitrogens with zero attached hydrogens (tertiary/aromatic N) is 1. The van der Waals surface area contributed by atoms with E-state index >= 15 is 0 Å². The fourth-order valence-electron chi connectivity index (χ4n) is 1.27. The summed E-state index contributed by atoms with van der Waals surface area (Å²) in [5.74, 6) is 4.45. The highest BCUT2D eigenvalue weighted by atomic mass is 35.6. The lowest BCUT2D eigenvalue weighted by atomic mass is 10.4. The molecule has 1 atom stereocenters. The molecule has 0 aromatic heterocycles. The van der Waals surface area contributed by atoms with Crippen LogP contribution in [0.3, 0.4) is 0 Å². The normalized spacial score (nSPS) is 13.2. The van der Waals surface area contributed by atoms with Crippen molar-refractivity contribution in [3.05, 3.63) is 30.3 Å². The standard InChI is InChI=1S/C11H12Cl3N3O4S3/c12-11(13,14)9(19)16-8(18)6-23-10(22)17(15)24(20,21)7-4-2-1-3-5-7/h1-5,9,19H,6,15H2,(H,16,18)/t9-/m0/s1. The molecule has 0 saturated heterocycles. The van der Waals surface area contributed by atoms with Crippen molar-refractivity contribution >= 4 is 79.0 Å². The first-order valence-corrected chi connectivity index (χ1v) is 9.99. The minimum atomic E-state index is -4.03. The molecule has 0 heterocycles. The van der Waals surface area contributed by atoms with Crippen molar-refractivity contribution in [1.82, 2.24) is 9.73 Å². The summed E-state index contributed by atoms with van der Waals surface area (Å²) in [6, 6.07) is 7.41. The van der Waals surface area contributed by atoms with E-state index in [1.54, 1.807) is 6.07 Å². The molecule has 1 aromatic rings. The smallest absolute Gasteiger partial charge is 0.278 e. The van der Waals surface area contributed by atoms with Crippen molar-refractivity contribution < 1.29 is 18.3 Å². The first-order valence-electron chi connectivity index (χ1n) is 6.02. The van der Waals surface area contributed by atoms with E-state index in [9.17, 15) is 18.3 Å². The Morgan fingerprint density at radius 2 is 1.92 bits per heavy atom. The van der Waals surface area contributed by atoms with Crippen LogP contribution in [0.25, 0.3) is 0 Å². The van der Waals surface area contributed by atoms with E-state index in [-0.39, 0.29) is 15.0 Å². The van der Waals surface area contributed by atoms with Gasteiger partial charge in [0.05, 0.1) is 10.6 Å². The third kappa shape index (κ3) is 6.19. The topological polar surface area (TPSA) is 113 Å². The van der Waals surface area contributed by atoms with Crippen molar-refractivity contribution in [3.8, 4) is 0 Å². The number of nitrogens with two attached hydrogens (primary N) is 1. The van der Waals surface area contributed by atoms with Crippen molar-refractivity contribution in [2.24, 2.45) is 5.84 Å². The number of carbonyl (C=O) groups excluding carboxylic acids is 1. The second-order valence-electron chi connectivity index (χ2n) is 4.18. The van der Waals surface area contributed by atoms with Crippen LogP contribution in [-0.4, -0.2) is 43.9 Å². The molecule has 0 radical (unpaired) electrons. The Balaban J connectivity index is 2.64. The Hall–Kier alpha value is -0.330. The number of hydrogen-bond donors (Lipinski definition) is 3. The summed E-state index contributed by atoms with van der Waals surface area (Å²) in [6.07, 6.45) is -1.73. The van der Waals surface area contributed by atoms with Gasteiger partial charge in [0.15, 0.2) is 10.5 Å². The van der Waals surface area contributed by atoms with Crippen molar-refractivity contribution in [3.63, 3.8) is 0 Å². The van der Waals surface area contributed by atoms with Gasteiger partial charge in [-0.2, -0.15) is 12.8 Å². The number of rotatable bonds is 5. The highest BCUT2D eigenvalue weighted by Gasteiger charge is 2.32. The minimum Gasteiger partial charge on any atom is -0.369 e. The lowest BCUT2D eigenvalue weighted by Crippen LogP contribution is -2.45. The number of thiocarbonyl (C=S) groups is 1. The molecule has 0 spiro atoms. The number of alkyl halides is 3. The van der Waals surface area contributed by atoms with Crippen LogP contribution in [0.1, 0.15) is 0 Å². The summed E-state index contributed by atoms with van der Waals surface area (Å²) in [4.78, 5) is 11.6. The lowest BCUT2D eigenvalue weighted by molar-refractivity contribution is -0.121. The Kier molecular flexibility index (Phi) is 8.01. The van der Waals surface area contributed by atoms with Crippen LogP contribution < -0.4 is 11.2 Å². The SMILES string of the molecule is NN(C(=S)SCC(=O)N[C@@H](O)C(Cl)(Cl)Cl)S(=O)(=O)c1ccccc1. The Labute approximate surface area is 163 Å². The summed E-state index contributed by atoms with van der Waals surface area (Å²) in [6.45, 7) is 0.